The number of thioether (sulfide) groups is 1. The minimum Gasteiger partial charge on any atom is -0.454 e. The number of carbonyl (C=O) groups is 2. The summed E-state index contributed by atoms with van der Waals surface area (Å²) in [6.07, 6.45) is 1.99. The van der Waals surface area contributed by atoms with E-state index in [1.165, 1.54) is 4.57 Å². The average Bonchev–Trinajstić information content (AvgIpc) is 3.74. The summed E-state index contributed by atoms with van der Waals surface area (Å²) < 4.78 is 28.6. The fourth-order valence-electron chi connectivity index (χ4n) is 4.67. The second-order valence-electron chi connectivity index (χ2n) is 9.52. The zero-order chi connectivity index (χ0) is 27.5. The van der Waals surface area contributed by atoms with Crippen molar-refractivity contribution < 1.29 is 33.3 Å². The smallest absolute Gasteiger partial charge is 0.262 e. The molecule has 40 heavy (non-hydrogen) atoms. The van der Waals surface area contributed by atoms with Gasteiger partial charge in [-0.15, -0.1) is 0 Å². The Hall–Kier alpha value is -3.97. The number of aromatic nitrogens is 2. The molecule has 4 heterocycles. The molecule has 12 nitrogen and oxygen atoms in total. The quantitative estimate of drug-likeness (QED) is 0.276. The van der Waals surface area contributed by atoms with Crippen molar-refractivity contribution in [3.8, 4) is 23.0 Å². The van der Waals surface area contributed by atoms with Gasteiger partial charge in [0.1, 0.15) is 0 Å². The molecule has 0 spiro atoms. The zero-order valence-electron chi connectivity index (χ0n) is 21.6. The van der Waals surface area contributed by atoms with Crippen LogP contribution in [0, 0.1) is 0 Å². The van der Waals surface area contributed by atoms with E-state index < -0.39 is 0 Å². The highest BCUT2D eigenvalue weighted by molar-refractivity contribution is 7.99. The Morgan fingerprint density at radius 3 is 2.55 bits per heavy atom. The van der Waals surface area contributed by atoms with Gasteiger partial charge in [-0.25, -0.2) is 4.98 Å². The van der Waals surface area contributed by atoms with Crippen LogP contribution >= 0.6 is 11.8 Å². The van der Waals surface area contributed by atoms with Gasteiger partial charge in [-0.1, -0.05) is 17.8 Å². The summed E-state index contributed by atoms with van der Waals surface area (Å²) in [4.78, 5) is 43.4. The Labute approximate surface area is 233 Å². The highest BCUT2D eigenvalue weighted by Crippen LogP contribution is 2.35. The van der Waals surface area contributed by atoms with Crippen LogP contribution in [0.3, 0.4) is 0 Å². The van der Waals surface area contributed by atoms with Gasteiger partial charge < -0.3 is 34.3 Å². The summed E-state index contributed by atoms with van der Waals surface area (Å²) in [5, 5.41) is 6.44. The van der Waals surface area contributed by atoms with Crippen LogP contribution in [0.2, 0.25) is 0 Å². The third-order valence-corrected chi connectivity index (χ3v) is 7.76. The predicted molar refractivity (Wildman–Crippen MR) is 144 cm³/mol. The molecule has 0 radical (unpaired) electrons. The van der Waals surface area contributed by atoms with Crippen molar-refractivity contribution in [1.82, 2.24) is 20.2 Å². The molecule has 0 unspecified atom stereocenters. The third kappa shape index (κ3) is 5.80. The van der Waals surface area contributed by atoms with E-state index in [1.54, 1.807) is 18.2 Å². The van der Waals surface area contributed by atoms with Crippen LogP contribution < -0.4 is 35.1 Å². The van der Waals surface area contributed by atoms with Crippen molar-refractivity contribution in [1.29, 1.82) is 0 Å². The van der Waals surface area contributed by atoms with Crippen molar-refractivity contribution in [2.24, 2.45) is 0 Å². The fraction of sp³-hybridized carbons (Fsp3) is 0.407. The Balaban J connectivity index is 1.15. The summed E-state index contributed by atoms with van der Waals surface area (Å²) in [5.74, 6) is 1.92. The van der Waals surface area contributed by atoms with Crippen LogP contribution in [0.15, 0.2) is 40.3 Å². The SMILES string of the molecule is O=C(CCn1c(SCC(=O)NC[C@@H]2CCCO2)nc2cc3c(cc2c1=O)OCO3)NCc1ccc2c(c1)OCO2. The Morgan fingerprint density at radius 1 is 0.975 bits per heavy atom. The number of fused-ring (bicyclic) bond motifs is 3. The molecule has 3 aromatic rings. The summed E-state index contributed by atoms with van der Waals surface area (Å²) in [7, 11) is 0. The fourth-order valence-corrected chi connectivity index (χ4v) is 5.52. The largest absolute Gasteiger partial charge is 0.454 e. The van der Waals surface area contributed by atoms with E-state index in [2.05, 4.69) is 15.6 Å². The summed E-state index contributed by atoms with van der Waals surface area (Å²) in [5.41, 5.74) is 0.970. The first-order chi connectivity index (χ1) is 19.5. The molecule has 2 aromatic carbocycles. The number of nitrogens with one attached hydrogen (secondary N) is 2. The molecule has 0 aliphatic carbocycles. The highest BCUT2D eigenvalue weighted by atomic mass is 32.2. The molecule has 210 valence electrons. The molecule has 3 aliphatic heterocycles. The van der Waals surface area contributed by atoms with Gasteiger partial charge in [0.25, 0.3) is 5.56 Å². The van der Waals surface area contributed by atoms with Crippen LogP contribution in [0.1, 0.15) is 24.8 Å². The van der Waals surface area contributed by atoms with Gasteiger partial charge in [0, 0.05) is 38.7 Å². The van der Waals surface area contributed by atoms with Gasteiger partial charge in [0.15, 0.2) is 28.2 Å². The van der Waals surface area contributed by atoms with E-state index >= 15 is 0 Å². The molecule has 1 saturated heterocycles. The van der Waals surface area contributed by atoms with Crippen molar-refractivity contribution in [3.63, 3.8) is 0 Å². The summed E-state index contributed by atoms with van der Waals surface area (Å²) >= 11 is 1.14. The lowest BCUT2D eigenvalue weighted by atomic mass is 10.2. The number of hydrogen-bond acceptors (Lipinski definition) is 10. The first-order valence-electron chi connectivity index (χ1n) is 13.0. The van der Waals surface area contributed by atoms with E-state index in [-0.39, 0.29) is 55.8 Å². The first-order valence-corrected chi connectivity index (χ1v) is 14.0. The van der Waals surface area contributed by atoms with Gasteiger partial charge in [-0.2, -0.15) is 0 Å². The molecule has 2 amide bonds. The monoisotopic (exact) mass is 568 g/mol. The number of ether oxygens (including phenoxy) is 5. The number of nitrogens with zero attached hydrogens (tertiary/aromatic N) is 2. The Morgan fingerprint density at radius 2 is 1.75 bits per heavy atom. The lowest BCUT2D eigenvalue weighted by Gasteiger charge is -2.14. The third-order valence-electron chi connectivity index (χ3n) is 6.79. The maximum absolute atomic E-state index is 13.5. The van der Waals surface area contributed by atoms with Crippen LogP contribution in [0.4, 0.5) is 0 Å². The normalized spacial score (nSPS) is 16.9. The minimum atomic E-state index is -0.325. The van der Waals surface area contributed by atoms with Gasteiger partial charge in [-0.3, -0.25) is 19.0 Å². The van der Waals surface area contributed by atoms with Crippen molar-refractivity contribution >= 4 is 34.5 Å². The topological polar surface area (TPSA) is 139 Å². The molecule has 3 aliphatic rings. The molecule has 13 heteroatoms. The van der Waals surface area contributed by atoms with Crippen LogP contribution in [0.25, 0.3) is 10.9 Å². The summed E-state index contributed by atoms with van der Waals surface area (Å²) in [6, 6.07) is 8.74. The van der Waals surface area contributed by atoms with Crippen LogP contribution in [-0.2, 0) is 27.4 Å². The number of benzene rings is 2. The van der Waals surface area contributed by atoms with Crippen molar-refractivity contribution in [2.75, 3.05) is 32.5 Å². The van der Waals surface area contributed by atoms with E-state index in [1.807, 2.05) is 12.1 Å². The molecule has 0 saturated carbocycles. The van der Waals surface area contributed by atoms with Gasteiger partial charge in [-0.05, 0) is 36.6 Å². The molecule has 1 atom stereocenters. The number of amides is 2. The molecule has 1 aromatic heterocycles. The average molecular weight is 569 g/mol. The van der Waals surface area contributed by atoms with Crippen LogP contribution in [-0.4, -0.2) is 60.0 Å². The first kappa shape index (κ1) is 26.3. The zero-order valence-corrected chi connectivity index (χ0v) is 22.4. The molecular weight excluding hydrogens is 540 g/mol. The second-order valence-corrected chi connectivity index (χ2v) is 10.5. The Bertz CT molecular complexity index is 1500. The molecule has 0 bridgehead atoms. The molecule has 2 N–H and O–H groups in total. The standard InChI is InChI=1S/C27H28N4O8S/c32-24(28-11-16-3-4-20-21(8-16)37-14-36-20)5-6-31-26(34)18-9-22-23(39-15-38-22)10-19(18)30-27(31)40-13-25(33)29-12-17-2-1-7-35-17/h3-4,8-10,17H,1-2,5-7,11-15H2,(H,28,32)(H,29,33)/t17-/m0/s1. The predicted octanol–water partition coefficient (Wildman–Crippen LogP) is 1.95. The van der Waals surface area contributed by atoms with Gasteiger partial charge >= 0.3 is 0 Å². The van der Waals surface area contributed by atoms with E-state index in [0.717, 1.165) is 30.2 Å². The minimum absolute atomic E-state index is 0.0337. The maximum atomic E-state index is 13.5. The van der Waals surface area contributed by atoms with E-state index in [0.29, 0.717) is 58.8 Å². The second kappa shape index (κ2) is 11.6. The lowest BCUT2D eigenvalue weighted by Crippen LogP contribution is -2.33. The van der Waals surface area contributed by atoms with Gasteiger partial charge in [0.05, 0.1) is 22.8 Å². The molecular formula is C27H28N4O8S. The van der Waals surface area contributed by atoms with Crippen LogP contribution in [0.5, 0.6) is 23.0 Å². The van der Waals surface area contributed by atoms with E-state index in [9.17, 15) is 14.4 Å². The number of rotatable bonds is 10. The van der Waals surface area contributed by atoms with Crippen molar-refractivity contribution in [3.05, 3.63) is 46.2 Å². The Kier molecular flexibility index (Phi) is 7.64. The molecule has 1 fully saturated rings. The van der Waals surface area contributed by atoms with Crippen molar-refractivity contribution in [2.45, 2.75) is 43.6 Å². The number of hydrogen-bond donors (Lipinski definition) is 2. The maximum Gasteiger partial charge on any atom is 0.262 e. The highest BCUT2D eigenvalue weighted by Gasteiger charge is 2.21. The van der Waals surface area contributed by atoms with Gasteiger partial charge in [0.2, 0.25) is 25.4 Å². The lowest BCUT2D eigenvalue weighted by molar-refractivity contribution is -0.121. The summed E-state index contributed by atoms with van der Waals surface area (Å²) in [6.45, 7) is 1.80. The number of carbonyl (C=O) groups excluding carboxylic acids is 2. The van der Waals surface area contributed by atoms with E-state index in [4.69, 9.17) is 23.7 Å². The molecule has 6 rings (SSSR count).